The van der Waals surface area contributed by atoms with Crippen LogP contribution in [0.2, 0.25) is 0 Å². The van der Waals surface area contributed by atoms with E-state index in [1.165, 1.54) is 12.3 Å². The quantitative estimate of drug-likeness (QED) is 0.683. The van der Waals surface area contributed by atoms with Gasteiger partial charge >= 0.3 is 0 Å². The molecule has 76 valence electrons. The highest BCUT2D eigenvalue weighted by Crippen LogP contribution is 2.13. The van der Waals surface area contributed by atoms with Crippen LogP contribution in [0.4, 0.5) is 0 Å². The minimum absolute atomic E-state index is 0.254. The lowest BCUT2D eigenvalue weighted by molar-refractivity contribution is 0.589. The third-order valence-electron chi connectivity index (χ3n) is 1.73. The first kappa shape index (κ1) is 9.57. The lowest BCUT2D eigenvalue weighted by atomic mass is 10.5. The fourth-order valence-electron chi connectivity index (χ4n) is 1.20. The maximum Gasteiger partial charge on any atom is 0.258 e. The number of nitriles is 1. The van der Waals surface area contributed by atoms with Gasteiger partial charge in [0.1, 0.15) is 6.07 Å². The molecule has 8 heteroatoms. The molecule has 7 nitrogen and oxygen atoms in total. The van der Waals surface area contributed by atoms with Crippen LogP contribution in [0.3, 0.4) is 0 Å². The van der Waals surface area contributed by atoms with Gasteiger partial charge in [-0.1, -0.05) is 0 Å². The number of hydrogen-bond acceptors (Lipinski definition) is 5. The highest BCUT2D eigenvalue weighted by atomic mass is 32.2. The Morgan fingerprint density at radius 3 is 2.87 bits per heavy atom. The number of hydrogen-bond donors (Lipinski definition) is 1. The molecule has 2 aromatic rings. The van der Waals surface area contributed by atoms with Gasteiger partial charge < -0.3 is 0 Å². The van der Waals surface area contributed by atoms with E-state index < -0.39 is 10.0 Å². The predicted molar refractivity (Wildman–Crippen MR) is 49.1 cm³/mol. The van der Waals surface area contributed by atoms with Crippen LogP contribution in [0, 0.1) is 11.3 Å². The van der Waals surface area contributed by atoms with Crippen LogP contribution in [0.5, 0.6) is 0 Å². The summed E-state index contributed by atoms with van der Waals surface area (Å²) in [6.45, 7) is 0. The number of nitrogens with two attached hydrogens (primary N) is 1. The molecule has 2 aromatic heterocycles. The van der Waals surface area contributed by atoms with Gasteiger partial charge in [-0.25, -0.2) is 18.5 Å². The number of fused-ring (bicyclic) bond motifs is 1. The highest BCUT2D eigenvalue weighted by Gasteiger charge is 2.22. The van der Waals surface area contributed by atoms with Crippen molar-refractivity contribution in [3.8, 4) is 6.07 Å². The van der Waals surface area contributed by atoms with Crippen LogP contribution in [-0.2, 0) is 10.0 Å². The molecule has 0 amide bonds. The van der Waals surface area contributed by atoms with Crippen LogP contribution in [0.15, 0.2) is 23.4 Å². The van der Waals surface area contributed by atoms with Crippen molar-refractivity contribution in [1.82, 2.24) is 14.6 Å². The monoisotopic (exact) mass is 223 g/mol. The summed E-state index contributed by atoms with van der Waals surface area (Å²) >= 11 is 0. The molecule has 0 bridgehead atoms. The van der Waals surface area contributed by atoms with Gasteiger partial charge in [-0.3, -0.25) is 0 Å². The number of nitrogens with zero attached hydrogens (tertiary/aromatic N) is 4. The van der Waals surface area contributed by atoms with E-state index in [9.17, 15) is 8.42 Å². The van der Waals surface area contributed by atoms with Crippen molar-refractivity contribution in [2.75, 3.05) is 0 Å². The van der Waals surface area contributed by atoms with Crippen LogP contribution < -0.4 is 5.14 Å². The summed E-state index contributed by atoms with van der Waals surface area (Å²) in [6.07, 6.45) is 1.38. The molecule has 0 fully saturated rings. The molecule has 0 atom stereocenters. The molecule has 0 saturated carbocycles. The lowest BCUT2D eigenvalue weighted by Gasteiger charge is -1.96. The van der Waals surface area contributed by atoms with Crippen molar-refractivity contribution < 1.29 is 8.42 Å². The van der Waals surface area contributed by atoms with Gasteiger partial charge in [-0.2, -0.15) is 14.9 Å². The van der Waals surface area contributed by atoms with E-state index in [0.29, 0.717) is 0 Å². The first-order valence-corrected chi connectivity index (χ1v) is 5.35. The second-order valence-corrected chi connectivity index (χ2v) is 4.19. The van der Waals surface area contributed by atoms with E-state index in [1.54, 1.807) is 12.1 Å². The average molecular weight is 223 g/mol. The summed E-state index contributed by atoms with van der Waals surface area (Å²) in [5, 5.41) is 17.0. The fraction of sp³-hybridized carbons (Fsp3) is 0. The molecule has 0 unspecified atom stereocenters. The smallest absolute Gasteiger partial charge is 0.223 e. The van der Waals surface area contributed by atoms with Gasteiger partial charge in [-0.05, 0) is 12.1 Å². The molecule has 2 N–H and O–H groups in total. The zero-order valence-corrected chi connectivity index (χ0v) is 8.14. The molecule has 0 radical (unpaired) electrons. The molecule has 2 rings (SSSR count). The van der Waals surface area contributed by atoms with E-state index in [0.717, 1.165) is 4.52 Å². The molecule has 2 heterocycles. The third kappa shape index (κ3) is 1.43. The van der Waals surface area contributed by atoms with E-state index in [4.69, 9.17) is 10.4 Å². The second-order valence-electron chi connectivity index (χ2n) is 2.72. The minimum Gasteiger partial charge on any atom is -0.223 e. The number of primary sulfonamides is 1. The molecule has 0 aliphatic rings. The first-order valence-electron chi connectivity index (χ1n) is 3.80. The zero-order valence-electron chi connectivity index (χ0n) is 7.32. The van der Waals surface area contributed by atoms with Gasteiger partial charge in [-0.15, -0.1) is 0 Å². The Balaban J connectivity index is 2.99. The zero-order chi connectivity index (χ0) is 11.1. The van der Waals surface area contributed by atoms with Crippen molar-refractivity contribution in [2.24, 2.45) is 5.14 Å². The van der Waals surface area contributed by atoms with Crippen molar-refractivity contribution >= 4 is 15.7 Å². The maximum atomic E-state index is 11.2. The molecule has 0 aromatic carbocycles. The van der Waals surface area contributed by atoms with Crippen molar-refractivity contribution in [1.29, 1.82) is 5.26 Å². The number of rotatable bonds is 1. The van der Waals surface area contributed by atoms with Gasteiger partial charge in [0.2, 0.25) is 5.03 Å². The SMILES string of the molecule is N#Cc1nc2cccnn2c1S(N)(=O)=O. The Hall–Kier alpha value is -1.98. The molecular formula is C7H5N5O2S. The van der Waals surface area contributed by atoms with Crippen molar-refractivity contribution in [3.63, 3.8) is 0 Å². The standard InChI is InChI=1S/C7H5N5O2S/c8-4-5-7(15(9,13)14)12-6(11-5)2-1-3-10-12/h1-3H,(H2,9,13,14). The van der Waals surface area contributed by atoms with Gasteiger partial charge in [0.15, 0.2) is 11.3 Å². The van der Waals surface area contributed by atoms with Gasteiger partial charge in [0, 0.05) is 6.20 Å². The maximum absolute atomic E-state index is 11.2. The summed E-state index contributed by atoms with van der Waals surface area (Å²) in [5.41, 5.74) is 0.00859. The second kappa shape index (κ2) is 3.01. The van der Waals surface area contributed by atoms with Gasteiger partial charge in [0.25, 0.3) is 10.0 Å². The van der Waals surface area contributed by atoms with E-state index >= 15 is 0 Å². The average Bonchev–Trinajstić information content (AvgIpc) is 2.54. The Kier molecular flexibility index (Phi) is 1.92. The van der Waals surface area contributed by atoms with Crippen LogP contribution in [-0.4, -0.2) is 23.0 Å². The Morgan fingerprint density at radius 2 is 2.27 bits per heavy atom. The molecule has 0 saturated heterocycles. The number of sulfonamides is 1. The molecule has 0 spiro atoms. The number of imidazole rings is 1. The minimum atomic E-state index is -4.01. The van der Waals surface area contributed by atoms with Crippen LogP contribution >= 0.6 is 0 Å². The first-order chi connectivity index (χ1) is 7.04. The fourth-order valence-corrected chi connectivity index (χ4v) is 1.94. The van der Waals surface area contributed by atoms with Crippen molar-refractivity contribution in [3.05, 3.63) is 24.0 Å². The molecule has 15 heavy (non-hydrogen) atoms. The van der Waals surface area contributed by atoms with Crippen LogP contribution in [0.1, 0.15) is 5.69 Å². The van der Waals surface area contributed by atoms with E-state index in [-0.39, 0.29) is 16.4 Å². The summed E-state index contributed by atoms with van der Waals surface area (Å²) in [7, 11) is -4.01. The van der Waals surface area contributed by atoms with Crippen LogP contribution in [0.25, 0.3) is 5.65 Å². The Bertz CT molecular complexity index is 666. The predicted octanol–water partition coefficient (Wildman–Crippen LogP) is -0.752. The summed E-state index contributed by atoms with van der Waals surface area (Å²) in [6, 6.07) is 4.77. The molecule has 0 aliphatic carbocycles. The highest BCUT2D eigenvalue weighted by molar-refractivity contribution is 7.89. The largest absolute Gasteiger partial charge is 0.258 e. The lowest BCUT2D eigenvalue weighted by Crippen LogP contribution is -2.16. The van der Waals surface area contributed by atoms with Crippen molar-refractivity contribution in [2.45, 2.75) is 5.03 Å². The van der Waals surface area contributed by atoms with Gasteiger partial charge in [0.05, 0.1) is 0 Å². The topological polar surface area (TPSA) is 114 Å². The summed E-state index contributed by atoms with van der Waals surface area (Å²) in [4.78, 5) is 3.78. The summed E-state index contributed by atoms with van der Waals surface area (Å²) in [5.74, 6) is 0. The normalized spacial score (nSPS) is 11.5. The Morgan fingerprint density at radius 1 is 1.53 bits per heavy atom. The summed E-state index contributed by atoms with van der Waals surface area (Å²) < 4.78 is 23.4. The third-order valence-corrected chi connectivity index (χ3v) is 2.63. The van der Waals surface area contributed by atoms with E-state index in [2.05, 4.69) is 10.1 Å². The van der Waals surface area contributed by atoms with E-state index in [1.807, 2.05) is 0 Å². The Labute approximate surface area is 84.8 Å². The molecular weight excluding hydrogens is 218 g/mol. The molecule has 0 aliphatic heterocycles. The number of aromatic nitrogens is 3.